The number of hydrogen-bond donors (Lipinski definition) is 3. The van der Waals surface area contributed by atoms with Gasteiger partial charge in [-0.2, -0.15) is 0 Å². The summed E-state index contributed by atoms with van der Waals surface area (Å²) >= 11 is 0. The van der Waals surface area contributed by atoms with Crippen LogP contribution in [0.5, 0.6) is 0 Å². The lowest BCUT2D eigenvalue weighted by Gasteiger charge is -2.34. The molecule has 3 amide bonds. The maximum Gasteiger partial charge on any atom is 0.247 e. The maximum absolute atomic E-state index is 14.1. The molecular weight excluding hydrogens is 655 g/mol. The van der Waals surface area contributed by atoms with Crippen molar-refractivity contribution >= 4 is 34.8 Å². The van der Waals surface area contributed by atoms with Crippen molar-refractivity contribution in [3.05, 3.63) is 126 Å². The van der Waals surface area contributed by atoms with Gasteiger partial charge < -0.3 is 25.8 Å². The molecule has 0 aromatic heterocycles. The molecule has 10 heteroatoms. The fourth-order valence-corrected chi connectivity index (χ4v) is 7.28. The maximum atomic E-state index is 14.1. The second kappa shape index (κ2) is 17.4. The van der Waals surface area contributed by atoms with Gasteiger partial charge in [0.25, 0.3) is 0 Å². The normalized spacial score (nSPS) is 17.6. The van der Waals surface area contributed by atoms with Crippen LogP contribution in [0.25, 0.3) is 0 Å². The van der Waals surface area contributed by atoms with Crippen molar-refractivity contribution < 1.29 is 18.8 Å². The minimum Gasteiger partial charge on any atom is -0.363 e. The average molecular weight is 705 g/mol. The van der Waals surface area contributed by atoms with Crippen molar-refractivity contribution in [1.82, 2.24) is 15.1 Å². The monoisotopic (exact) mass is 704 g/mol. The van der Waals surface area contributed by atoms with Crippen molar-refractivity contribution in [2.24, 2.45) is 0 Å². The molecule has 0 aliphatic carbocycles. The Bertz CT molecular complexity index is 1780. The first-order valence-corrected chi connectivity index (χ1v) is 18.5. The summed E-state index contributed by atoms with van der Waals surface area (Å²) in [6, 6.07) is 30.7. The molecule has 6 rings (SSSR count). The van der Waals surface area contributed by atoms with Crippen LogP contribution in [0.15, 0.2) is 103 Å². The fraction of sp³-hybridized carbons (Fsp3) is 0.357. The van der Waals surface area contributed by atoms with E-state index >= 15 is 0 Å². The van der Waals surface area contributed by atoms with Gasteiger partial charge in [0.15, 0.2) is 0 Å². The Morgan fingerprint density at radius 3 is 1.92 bits per heavy atom. The molecule has 0 radical (unpaired) electrons. The number of nitrogens with one attached hydrogen (secondary N) is 3. The van der Waals surface area contributed by atoms with E-state index in [0.717, 1.165) is 67.0 Å². The summed E-state index contributed by atoms with van der Waals surface area (Å²) in [7, 11) is 0. The molecule has 4 aromatic rings. The third-order valence-electron chi connectivity index (χ3n) is 10.1. The lowest BCUT2D eigenvalue weighted by Crippen LogP contribution is -2.48. The second-order valence-corrected chi connectivity index (χ2v) is 13.6. The summed E-state index contributed by atoms with van der Waals surface area (Å²) in [5, 5.41) is 9.29. The van der Waals surface area contributed by atoms with Crippen LogP contribution in [0.1, 0.15) is 62.3 Å². The quantitative estimate of drug-likeness (QED) is 0.135. The van der Waals surface area contributed by atoms with Gasteiger partial charge in [-0.25, -0.2) is 4.39 Å². The third kappa shape index (κ3) is 9.05. The van der Waals surface area contributed by atoms with E-state index < -0.39 is 12.1 Å². The topological polar surface area (TPSA) is 97.0 Å². The predicted octanol–water partition coefficient (Wildman–Crippen LogP) is 6.74. The zero-order chi connectivity index (χ0) is 36.5. The van der Waals surface area contributed by atoms with Crippen LogP contribution in [0.2, 0.25) is 0 Å². The number of halogens is 1. The minimum absolute atomic E-state index is 0.0149. The van der Waals surface area contributed by atoms with Crippen LogP contribution in [0.4, 0.5) is 21.5 Å². The first kappa shape index (κ1) is 36.7. The van der Waals surface area contributed by atoms with E-state index in [1.807, 2.05) is 78.9 Å². The van der Waals surface area contributed by atoms with Gasteiger partial charge >= 0.3 is 0 Å². The van der Waals surface area contributed by atoms with E-state index in [0.29, 0.717) is 31.7 Å². The van der Waals surface area contributed by atoms with E-state index in [-0.39, 0.29) is 29.6 Å². The first-order chi connectivity index (χ1) is 25.3. The van der Waals surface area contributed by atoms with Gasteiger partial charge in [0, 0.05) is 36.7 Å². The fourth-order valence-electron chi connectivity index (χ4n) is 7.28. The predicted molar refractivity (Wildman–Crippen MR) is 204 cm³/mol. The van der Waals surface area contributed by atoms with Crippen molar-refractivity contribution in [3.63, 3.8) is 0 Å². The zero-order valence-electron chi connectivity index (χ0n) is 30.1. The number of likely N-dealkylation sites (tertiary alicyclic amines) is 1. The van der Waals surface area contributed by atoms with Crippen LogP contribution in [-0.2, 0) is 27.5 Å². The molecule has 9 nitrogen and oxygen atoms in total. The molecule has 0 bridgehead atoms. The highest BCUT2D eigenvalue weighted by atomic mass is 19.1. The SMILES string of the molecule is CCN(CC)[C@H](C(=O)N1CCCC1C(=O)Nc1ccc(CN(Cc2ccc(NC(=O)[C@@H]3CCCN3)cc2)c2ccc(F)cc2)cc1)c1ccccc1. The van der Waals surface area contributed by atoms with E-state index in [2.05, 4.69) is 39.6 Å². The lowest BCUT2D eigenvalue weighted by molar-refractivity contribution is -0.141. The molecule has 4 aromatic carbocycles. The Morgan fingerprint density at radius 1 is 0.769 bits per heavy atom. The lowest BCUT2D eigenvalue weighted by atomic mass is 10.0. The minimum atomic E-state index is -0.540. The van der Waals surface area contributed by atoms with E-state index in [1.54, 1.807) is 17.0 Å². The van der Waals surface area contributed by atoms with Crippen molar-refractivity contribution in [2.75, 3.05) is 41.7 Å². The number of nitrogens with zero attached hydrogens (tertiary/aromatic N) is 3. The van der Waals surface area contributed by atoms with Gasteiger partial charge in [-0.15, -0.1) is 0 Å². The number of anilines is 3. The Balaban J connectivity index is 1.11. The summed E-state index contributed by atoms with van der Waals surface area (Å²) < 4.78 is 13.9. The second-order valence-electron chi connectivity index (χ2n) is 13.6. The number of carbonyl (C=O) groups is 3. The highest BCUT2D eigenvalue weighted by Crippen LogP contribution is 2.29. The molecule has 2 fully saturated rings. The van der Waals surface area contributed by atoms with Crippen LogP contribution in [0, 0.1) is 5.82 Å². The van der Waals surface area contributed by atoms with Crippen LogP contribution in [0.3, 0.4) is 0 Å². The summed E-state index contributed by atoms with van der Waals surface area (Å²) in [5.41, 5.74) is 5.26. The smallest absolute Gasteiger partial charge is 0.247 e. The van der Waals surface area contributed by atoms with Gasteiger partial charge in [0.05, 0.1) is 6.04 Å². The van der Waals surface area contributed by atoms with Crippen LogP contribution in [-0.4, -0.2) is 65.8 Å². The number of amides is 3. The number of benzene rings is 4. The molecule has 52 heavy (non-hydrogen) atoms. The molecule has 1 unspecified atom stereocenters. The Labute approximate surface area is 306 Å². The number of carbonyl (C=O) groups excluding carboxylic acids is 3. The zero-order valence-corrected chi connectivity index (χ0v) is 30.1. The summed E-state index contributed by atoms with van der Waals surface area (Å²) in [6.45, 7) is 8.08. The molecule has 2 heterocycles. The molecule has 272 valence electrons. The van der Waals surface area contributed by atoms with Gasteiger partial charge in [0.1, 0.15) is 17.9 Å². The summed E-state index contributed by atoms with van der Waals surface area (Å²) in [4.78, 5) is 46.3. The summed E-state index contributed by atoms with van der Waals surface area (Å²) in [5.74, 6) is -0.535. The van der Waals surface area contributed by atoms with Crippen molar-refractivity contribution in [1.29, 1.82) is 0 Å². The molecule has 2 aliphatic heterocycles. The first-order valence-electron chi connectivity index (χ1n) is 18.5. The molecule has 2 saturated heterocycles. The molecular formula is C42H49FN6O3. The van der Waals surface area contributed by atoms with Crippen molar-refractivity contribution in [2.45, 2.75) is 70.7 Å². The molecule has 0 saturated carbocycles. The van der Waals surface area contributed by atoms with E-state index in [1.165, 1.54) is 12.1 Å². The Morgan fingerprint density at radius 2 is 1.37 bits per heavy atom. The third-order valence-corrected chi connectivity index (χ3v) is 10.1. The van der Waals surface area contributed by atoms with Crippen molar-refractivity contribution in [3.8, 4) is 0 Å². The van der Waals surface area contributed by atoms with Gasteiger partial charge in [0.2, 0.25) is 17.7 Å². The van der Waals surface area contributed by atoms with Gasteiger partial charge in [-0.3, -0.25) is 19.3 Å². The Hall–Kier alpha value is -5.06. The highest BCUT2D eigenvalue weighted by Gasteiger charge is 2.39. The summed E-state index contributed by atoms with van der Waals surface area (Å²) in [6.07, 6.45) is 3.24. The Kier molecular flexibility index (Phi) is 12.3. The van der Waals surface area contributed by atoms with E-state index in [9.17, 15) is 18.8 Å². The highest BCUT2D eigenvalue weighted by molar-refractivity contribution is 5.98. The number of hydrogen-bond acceptors (Lipinski definition) is 6. The number of likely N-dealkylation sites (N-methyl/N-ethyl adjacent to an activating group) is 1. The van der Waals surface area contributed by atoms with Gasteiger partial charge in [-0.1, -0.05) is 68.4 Å². The molecule has 3 N–H and O–H groups in total. The molecule has 0 spiro atoms. The largest absolute Gasteiger partial charge is 0.363 e. The number of rotatable bonds is 14. The standard InChI is InChI=1S/C42H49FN6O3/c1-3-47(4-2)39(32-10-6-5-7-11-32)42(52)49-27-9-13-38(49)41(51)46-35-22-16-31(17-23-35)29-48(36-24-18-33(43)19-25-36)28-30-14-20-34(21-15-30)45-40(50)37-12-8-26-44-37/h5-7,10-11,14-25,37-39,44H,3-4,8-9,12-13,26-29H2,1-2H3,(H,45,50)(H,46,51)/t37-,38?,39-/m0/s1. The molecule has 3 atom stereocenters. The molecule has 2 aliphatic rings. The van der Waals surface area contributed by atoms with Gasteiger partial charge in [-0.05, 0) is 111 Å². The average Bonchev–Trinajstić information content (AvgIpc) is 3.90. The van der Waals surface area contributed by atoms with Crippen LogP contribution >= 0.6 is 0 Å². The van der Waals surface area contributed by atoms with Crippen LogP contribution < -0.4 is 20.9 Å². The van der Waals surface area contributed by atoms with E-state index in [4.69, 9.17) is 0 Å².